The summed E-state index contributed by atoms with van der Waals surface area (Å²) < 4.78 is 5.06. The molecule has 26 heavy (non-hydrogen) atoms. The molecule has 1 atom stereocenters. The molecule has 2 aromatic carbocycles. The van der Waals surface area contributed by atoms with Crippen molar-refractivity contribution in [1.29, 1.82) is 0 Å². The molecule has 1 saturated heterocycles. The first-order valence-electron chi connectivity index (χ1n) is 8.10. The molecule has 2 aromatic rings. The lowest BCUT2D eigenvalue weighted by Gasteiger charge is -2.16. The van der Waals surface area contributed by atoms with E-state index in [0.717, 1.165) is 5.69 Å². The lowest BCUT2D eigenvalue weighted by molar-refractivity contribution is -0.151. The molecule has 0 bridgehead atoms. The largest absolute Gasteiger partial charge is 0.455 e. The van der Waals surface area contributed by atoms with Crippen molar-refractivity contribution in [3.8, 4) is 0 Å². The summed E-state index contributed by atoms with van der Waals surface area (Å²) >= 11 is 5.78. The molecule has 1 aliphatic heterocycles. The average Bonchev–Trinajstić information content (AvgIpc) is 3.04. The van der Waals surface area contributed by atoms with E-state index in [1.807, 2.05) is 30.3 Å². The van der Waals surface area contributed by atoms with Crippen molar-refractivity contribution in [2.75, 3.05) is 23.4 Å². The Kier molecular flexibility index (Phi) is 5.53. The standard InChI is InChI=1S/C19H17ClN2O4/c20-14-6-8-15(9-7-14)21-17(23)12-26-19(25)13-10-18(24)22(11-13)16-4-2-1-3-5-16/h1-9,13H,10-12H2,(H,21,23)/t13-/m1/s1. The Hall–Kier alpha value is -2.86. The first kappa shape index (κ1) is 17.9. The van der Waals surface area contributed by atoms with Crippen LogP contribution in [0, 0.1) is 5.92 Å². The minimum atomic E-state index is -0.578. The van der Waals surface area contributed by atoms with Crippen molar-refractivity contribution >= 4 is 40.8 Å². The average molecular weight is 373 g/mol. The normalized spacial score (nSPS) is 16.4. The van der Waals surface area contributed by atoms with Gasteiger partial charge in [0.15, 0.2) is 6.61 Å². The molecule has 0 aromatic heterocycles. The number of hydrogen-bond acceptors (Lipinski definition) is 4. The van der Waals surface area contributed by atoms with Crippen LogP contribution in [0.2, 0.25) is 5.02 Å². The summed E-state index contributed by atoms with van der Waals surface area (Å²) in [5.41, 5.74) is 1.30. The van der Waals surface area contributed by atoms with Gasteiger partial charge in [0.2, 0.25) is 5.91 Å². The number of benzene rings is 2. The summed E-state index contributed by atoms with van der Waals surface area (Å²) in [6, 6.07) is 15.7. The Morgan fingerprint density at radius 2 is 1.81 bits per heavy atom. The van der Waals surface area contributed by atoms with E-state index in [1.54, 1.807) is 29.2 Å². The van der Waals surface area contributed by atoms with Gasteiger partial charge in [0.25, 0.3) is 5.91 Å². The number of esters is 1. The molecular formula is C19H17ClN2O4. The molecule has 1 heterocycles. The third-order valence-corrected chi connectivity index (χ3v) is 4.25. The monoisotopic (exact) mass is 372 g/mol. The molecule has 0 saturated carbocycles. The van der Waals surface area contributed by atoms with Gasteiger partial charge in [0.05, 0.1) is 5.92 Å². The van der Waals surface area contributed by atoms with E-state index in [0.29, 0.717) is 10.7 Å². The maximum Gasteiger partial charge on any atom is 0.311 e. The Balaban J connectivity index is 1.50. The van der Waals surface area contributed by atoms with Crippen LogP contribution in [-0.4, -0.2) is 30.9 Å². The number of nitrogens with zero attached hydrogens (tertiary/aromatic N) is 1. The highest BCUT2D eigenvalue weighted by molar-refractivity contribution is 6.30. The summed E-state index contributed by atoms with van der Waals surface area (Å²) in [4.78, 5) is 37.7. The predicted octanol–water partition coefficient (Wildman–Crippen LogP) is 2.87. The molecule has 0 spiro atoms. The fraction of sp³-hybridized carbons (Fsp3) is 0.211. The first-order chi connectivity index (χ1) is 12.5. The van der Waals surface area contributed by atoms with Crippen molar-refractivity contribution in [2.24, 2.45) is 5.92 Å². The van der Waals surface area contributed by atoms with E-state index in [4.69, 9.17) is 16.3 Å². The fourth-order valence-corrected chi connectivity index (χ4v) is 2.83. The van der Waals surface area contributed by atoms with Crippen LogP contribution in [0.3, 0.4) is 0 Å². The molecule has 7 heteroatoms. The lowest BCUT2D eigenvalue weighted by Crippen LogP contribution is -2.28. The number of carbonyl (C=O) groups is 3. The van der Waals surface area contributed by atoms with Crippen molar-refractivity contribution in [3.63, 3.8) is 0 Å². The van der Waals surface area contributed by atoms with Gasteiger partial charge in [-0.05, 0) is 36.4 Å². The molecule has 6 nitrogen and oxygen atoms in total. The highest BCUT2D eigenvalue weighted by Gasteiger charge is 2.36. The zero-order chi connectivity index (χ0) is 18.5. The second kappa shape index (κ2) is 8.01. The molecule has 2 amide bonds. The number of halogens is 1. The van der Waals surface area contributed by atoms with Crippen LogP contribution < -0.4 is 10.2 Å². The minimum absolute atomic E-state index is 0.0759. The predicted molar refractivity (Wildman–Crippen MR) is 97.9 cm³/mol. The summed E-state index contributed by atoms with van der Waals surface area (Å²) in [5.74, 6) is -1.72. The maximum atomic E-state index is 12.2. The van der Waals surface area contributed by atoms with Crippen LogP contribution in [0.5, 0.6) is 0 Å². The van der Waals surface area contributed by atoms with E-state index in [9.17, 15) is 14.4 Å². The van der Waals surface area contributed by atoms with Gasteiger partial charge in [0, 0.05) is 29.4 Å². The topological polar surface area (TPSA) is 75.7 Å². The van der Waals surface area contributed by atoms with Crippen LogP contribution in [0.15, 0.2) is 54.6 Å². The van der Waals surface area contributed by atoms with Gasteiger partial charge in [-0.2, -0.15) is 0 Å². The first-order valence-corrected chi connectivity index (χ1v) is 8.48. The smallest absolute Gasteiger partial charge is 0.311 e. The summed E-state index contributed by atoms with van der Waals surface area (Å²) in [6.07, 6.45) is 0.0759. The molecule has 1 aliphatic rings. The van der Waals surface area contributed by atoms with Crippen LogP contribution in [0.25, 0.3) is 0 Å². The SMILES string of the molecule is O=C(COC(=O)[C@@H]1CC(=O)N(c2ccccc2)C1)Nc1ccc(Cl)cc1. The maximum absolute atomic E-state index is 12.2. The van der Waals surface area contributed by atoms with Gasteiger partial charge in [-0.1, -0.05) is 29.8 Å². The summed E-state index contributed by atoms with van der Waals surface area (Å²) in [6.45, 7) is -0.155. The van der Waals surface area contributed by atoms with Gasteiger partial charge >= 0.3 is 5.97 Å². The lowest BCUT2D eigenvalue weighted by atomic mass is 10.1. The van der Waals surface area contributed by atoms with E-state index in [2.05, 4.69) is 5.32 Å². The number of para-hydroxylation sites is 1. The van der Waals surface area contributed by atoms with Gasteiger partial charge in [-0.3, -0.25) is 14.4 Å². The molecule has 1 N–H and O–H groups in total. The number of rotatable bonds is 5. The molecule has 134 valence electrons. The van der Waals surface area contributed by atoms with Crippen LogP contribution in [0.4, 0.5) is 11.4 Å². The van der Waals surface area contributed by atoms with Gasteiger partial charge in [-0.15, -0.1) is 0 Å². The van der Waals surface area contributed by atoms with E-state index in [-0.39, 0.29) is 18.9 Å². The Morgan fingerprint density at radius 1 is 1.12 bits per heavy atom. The molecule has 3 rings (SSSR count). The minimum Gasteiger partial charge on any atom is -0.455 e. The zero-order valence-electron chi connectivity index (χ0n) is 13.9. The number of carbonyl (C=O) groups excluding carboxylic acids is 3. The molecule has 0 aliphatic carbocycles. The molecule has 0 unspecified atom stereocenters. The van der Waals surface area contributed by atoms with Crippen LogP contribution >= 0.6 is 11.6 Å². The number of nitrogens with one attached hydrogen (secondary N) is 1. The van der Waals surface area contributed by atoms with Gasteiger partial charge < -0.3 is 15.0 Å². The molecule has 0 radical (unpaired) electrons. The Labute approximate surface area is 155 Å². The molecular weight excluding hydrogens is 356 g/mol. The Bertz CT molecular complexity index is 808. The quantitative estimate of drug-likeness (QED) is 0.819. The van der Waals surface area contributed by atoms with Crippen molar-refractivity contribution < 1.29 is 19.1 Å². The number of hydrogen-bond donors (Lipinski definition) is 1. The zero-order valence-corrected chi connectivity index (χ0v) is 14.6. The number of ether oxygens (including phenoxy) is 1. The fourth-order valence-electron chi connectivity index (χ4n) is 2.71. The van der Waals surface area contributed by atoms with Gasteiger partial charge in [0.1, 0.15) is 0 Å². The van der Waals surface area contributed by atoms with Crippen molar-refractivity contribution in [3.05, 3.63) is 59.6 Å². The van der Waals surface area contributed by atoms with Gasteiger partial charge in [-0.25, -0.2) is 0 Å². The second-order valence-corrected chi connectivity index (χ2v) is 6.34. The van der Waals surface area contributed by atoms with Crippen LogP contribution in [-0.2, 0) is 19.1 Å². The number of anilines is 2. The van der Waals surface area contributed by atoms with Crippen molar-refractivity contribution in [1.82, 2.24) is 0 Å². The van der Waals surface area contributed by atoms with E-state index < -0.39 is 24.4 Å². The van der Waals surface area contributed by atoms with Crippen LogP contribution in [0.1, 0.15) is 6.42 Å². The van der Waals surface area contributed by atoms with E-state index >= 15 is 0 Å². The highest BCUT2D eigenvalue weighted by atomic mass is 35.5. The third kappa shape index (κ3) is 4.40. The van der Waals surface area contributed by atoms with Crippen molar-refractivity contribution in [2.45, 2.75) is 6.42 Å². The summed E-state index contributed by atoms with van der Waals surface area (Å²) in [7, 11) is 0. The number of amides is 2. The Morgan fingerprint density at radius 3 is 2.50 bits per heavy atom. The molecule has 1 fully saturated rings. The summed E-state index contributed by atoms with van der Waals surface area (Å²) in [5, 5.41) is 3.16. The van der Waals surface area contributed by atoms with E-state index in [1.165, 1.54) is 0 Å². The highest BCUT2D eigenvalue weighted by Crippen LogP contribution is 2.25. The third-order valence-electron chi connectivity index (χ3n) is 4.00. The second-order valence-electron chi connectivity index (χ2n) is 5.90.